The first-order valence-corrected chi connectivity index (χ1v) is 8.48. The Balaban J connectivity index is 1.37. The number of urea groups is 1. The van der Waals surface area contributed by atoms with Crippen molar-refractivity contribution in [3.05, 3.63) is 54.2 Å². The van der Waals surface area contributed by atoms with Gasteiger partial charge in [-0.15, -0.1) is 0 Å². The number of carbonyl (C=O) groups excluding carboxylic acids is 1. The van der Waals surface area contributed by atoms with Gasteiger partial charge < -0.3 is 15.5 Å². The Morgan fingerprint density at radius 1 is 1.27 bits per heavy atom. The number of nitrogens with one attached hydrogen (secondary N) is 2. The normalized spacial score (nSPS) is 16.8. The van der Waals surface area contributed by atoms with Crippen molar-refractivity contribution in [3.63, 3.8) is 0 Å². The van der Waals surface area contributed by atoms with Crippen molar-refractivity contribution >= 4 is 23.1 Å². The lowest BCUT2D eigenvalue weighted by Crippen LogP contribution is -2.39. The van der Waals surface area contributed by atoms with Crippen LogP contribution in [-0.4, -0.2) is 39.8 Å². The van der Waals surface area contributed by atoms with Crippen LogP contribution in [0.15, 0.2) is 42.6 Å². The minimum Gasteiger partial charge on any atom is -0.367 e. The Morgan fingerprint density at radius 2 is 2.12 bits per heavy atom. The van der Waals surface area contributed by atoms with Gasteiger partial charge in [-0.2, -0.15) is 5.10 Å². The molecule has 1 aromatic carbocycles. The fourth-order valence-corrected chi connectivity index (χ4v) is 3.23. The van der Waals surface area contributed by atoms with E-state index in [1.807, 2.05) is 17.9 Å². The summed E-state index contributed by atoms with van der Waals surface area (Å²) in [6.45, 7) is 3.10. The average Bonchev–Trinajstić information content (AvgIpc) is 3.20. The second-order valence-corrected chi connectivity index (χ2v) is 6.36. The molecule has 26 heavy (non-hydrogen) atoms. The summed E-state index contributed by atoms with van der Waals surface area (Å²) >= 11 is 0. The molecule has 3 aromatic rings. The maximum absolute atomic E-state index is 13.9. The van der Waals surface area contributed by atoms with Crippen LogP contribution in [0.5, 0.6) is 0 Å². The lowest BCUT2D eigenvalue weighted by Gasteiger charge is -2.19. The first-order valence-electron chi connectivity index (χ1n) is 8.48. The maximum atomic E-state index is 13.9. The largest absolute Gasteiger partial charge is 0.367 e. The molecule has 1 unspecified atom stereocenters. The quantitative estimate of drug-likeness (QED) is 0.758. The number of carbonyl (C=O) groups is 1. The zero-order valence-electron chi connectivity index (χ0n) is 14.3. The second-order valence-electron chi connectivity index (χ2n) is 6.36. The molecule has 2 amide bonds. The number of nitrogens with zero attached hydrogens (tertiary/aromatic N) is 4. The van der Waals surface area contributed by atoms with E-state index in [4.69, 9.17) is 0 Å². The Kier molecular flexibility index (Phi) is 4.16. The third-order valence-corrected chi connectivity index (χ3v) is 4.41. The molecule has 0 bridgehead atoms. The van der Waals surface area contributed by atoms with Crippen molar-refractivity contribution in [1.82, 2.24) is 19.9 Å². The molecule has 1 aliphatic rings. The molecule has 4 rings (SSSR count). The van der Waals surface area contributed by atoms with Crippen molar-refractivity contribution in [2.75, 3.05) is 23.3 Å². The number of anilines is 2. The zero-order chi connectivity index (χ0) is 18.1. The summed E-state index contributed by atoms with van der Waals surface area (Å²) in [5, 5.41) is 9.97. The second kappa shape index (κ2) is 6.62. The maximum Gasteiger partial charge on any atom is 0.319 e. The molecule has 2 N–H and O–H groups in total. The molecule has 0 aliphatic carbocycles. The van der Waals surface area contributed by atoms with E-state index in [1.165, 1.54) is 6.07 Å². The summed E-state index contributed by atoms with van der Waals surface area (Å²) in [5.74, 6) is 0.430. The van der Waals surface area contributed by atoms with Crippen molar-refractivity contribution in [2.24, 2.45) is 0 Å². The highest BCUT2D eigenvalue weighted by Crippen LogP contribution is 2.23. The standard InChI is InChI=1S/C18H19FN6O/c1-12-20-17-7-6-13(11-25(17)23-12)21-18(26)22-14-8-9-24(10-14)16-5-3-2-4-15(16)19/h2-7,11,14H,8-10H2,1H3,(H2,21,22,26). The van der Waals surface area contributed by atoms with E-state index in [2.05, 4.69) is 20.7 Å². The van der Waals surface area contributed by atoms with E-state index in [0.29, 0.717) is 30.3 Å². The summed E-state index contributed by atoms with van der Waals surface area (Å²) in [6.07, 6.45) is 2.48. The number of aromatic nitrogens is 3. The summed E-state index contributed by atoms with van der Waals surface area (Å²) < 4.78 is 15.5. The summed E-state index contributed by atoms with van der Waals surface area (Å²) in [5.41, 5.74) is 1.93. The highest BCUT2D eigenvalue weighted by atomic mass is 19.1. The summed E-state index contributed by atoms with van der Waals surface area (Å²) in [4.78, 5) is 18.5. The van der Waals surface area contributed by atoms with Crippen LogP contribution in [-0.2, 0) is 0 Å². The molecule has 134 valence electrons. The fraction of sp³-hybridized carbons (Fsp3) is 0.278. The number of rotatable bonds is 3. The Bertz CT molecular complexity index is 956. The van der Waals surface area contributed by atoms with Crippen LogP contribution in [0.2, 0.25) is 0 Å². The number of halogens is 1. The number of benzene rings is 1. The summed E-state index contributed by atoms with van der Waals surface area (Å²) in [7, 11) is 0. The molecule has 3 heterocycles. The van der Waals surface area contributed by atoms with Gasteiger partial charge in [0.15, 0.2) is 5.65 Å². The monoisotopic (exact) mass is 354 g/mol. The minimum atomic E-state index is -0.290. The molecule has 0 saturated carbocycles. The lowest BCUT2D eigenvalue weighted by atomic mass is 10.2. The predicted molar refractivity (Wildman–Crippen MR) is 96.9 cm³/mol. The summed E-state index contributed by atoms with van der Waals surface area (Å²) in [6, 6.07) is 9.94. The Labute approximate surface area is 149 Å². The predicted octanol–water partition coefficient (Wildman–Crippen LogP) is 2.58. The van der Waals surface area contributed by atoms with Crippen LogP contribution in [0.1, 0.15) is 12.2 Å². The van der Waals surface area contributed by atoms with Crippen LogP contribution in [0.3, 0.4) is 0 Å². The molecule has 7 nitrogen and oxygen atoms in total. The van der Waals surface area contributed by atoms with Gasteiger partial charge in [0.1, 0.15) is 11.6 Å². The minimum absolute atomic E-state index is 0.0352. The highest BCUT2D eigenvalue weighted by molar-refractivity contribution is 5.89. The van der Waals surface area contributed by atoms with Crippen LogP contribution < -0.4 is 15.5 Å². The van der Waals surface area contributed by atoms with Crippen LogP contribution in [0, 0.1) is 12.7 Å². The van der Waals surface area contributed by atoms with Crippen molar-refractivity contribution < 1.29 is 9.18 Å². The van der Waals surface area contributed by atoms with Gasteiger partial charge >= 0.3 is 6.03 Å². The molecular weight excluding hydrogens is 335 g/mol. The molecule has 8 heteroatoms. The molecular formula is C18H19FN6O. The van der Waals surface area contributed by atoms with Gasteiger partial charge in [-0.3, -0.25) is 0 Å². The van der Waals surface area contributed by atoms with Crippen LogP contribution in [0.4, 0.5) is 20.6 Å². The van der Waals surface area contributed by atoms with E-state index >= 15 is 0 Å². The third kappa shape index (κ3) is 3.30. The number of pyridine rings is 1. The highest BCUT2D eigenvalue weighted by Gasteiger charge is 2.25. The molecule has 0 spiro atoms. The first kappa shape index (κ1) is 16.3. The number of hydrogen-bond acceptors (Lipinski definition) is 4. The Morgan fingerprint density at radius 3 is 2.96 bits per heavy atom. The smallest absolute Gasteiger partial charge is 0.319 e. The third-order valence-electron chi connectivity index (χ3n) is 4.41. The topological polar surface area (TPSA) is 74.6 Å². The SMILES string of the molecule is Cc1nc2ccc(NC(=O)NC3CCN(c4ccccc4F)C3)cn2n1. The van der Waals surface area contributed by atoms with Gasteiger partial charge in [-0.1, -0.05) is 12.1 Å². The van der Waals surface area contributed by atoms with Crippen molar-refractivity contribution in [3.8, 4) is 0 Å². The molecule has 1 aliphatic heterocycles. The number of hydrogen-bond donors (Lipinski definition) is 2. The fourth-order valence-electron chi connectivity index (χ4n) is 3.23. The molecule has 0 radical (unpaired) electrons. The number of fused-ring (bicyclic) bond motifs is 1. The molecule has 1 atom stereocenters. The van der Waals surface area contributed by atoms with Gasteiger partial charge in [0.25, 0.3) is 0 Å². The van der Waals surface area contributed by atoms with Crippen LogP contribution >= 0.6 is 0 Å². The van der Waals surface area contributed by atoms with E-state index < -0.39 is 0 Å². The lowest BCUT2D eigenvalue weighted by molar-refractivity contribution is 0.249. The van der Waals surface area contributed by atoms with Crippen molar-refractivity contribution in [2.45, 2.75) is 19.4 Å². The van der Waals surface area contributed by atoms with E-state index in [9.17, 15) is 9.18 Å². The van der Waals surface area contributed by atoms with Gasteiger partial charge in [-0.25, -0.2) is 18.7 Å². The number of aryl methyl sites for hydroxylation is 1. The molecule has 1 fully saturated rings. The van der Waals surface area contributed by atoms with Gasteiger partial charge in [0.05, 0.1) is 17.6 Å². The van der Waals surface area contributed by atoms with Crippen molar-refractivity contribution in [1.29, 1.82) is 0 Å². The zero-order valence-corrected chi connectivity index (χ0v) is 14.3. The van der Waals surface area contributed by atoms with Gasteiger partial charge in [-0.05, 0) is 37.6 Å². The van der Waals surface area contributed by atoms with E-state index in [-0.39, 0.29) is 17.9 Å². The number of amides is 2. The first-order chi connectivity index (χ1) is 12.6. The average molecular weight is 354 g/mol. The van der Waals surface area contributed by atoms with Gasteiger partial charge in [0, 0.05) is 19.1 Å². The Hall–Kier alpha value is -3.16. The van der Waals surface area contributed by atoms with Crippen LogP contribution in [0.25, 0.3) is 5.65 Å². The molecule has 2 aromatic heterocycles. The van der Waals surface area contributed by atoms with E-state index in [1.54, 1.807) is 35.0 Å². The van der Waals surface area contributed by atoms with Gasteiger partial charge in [0.2, 0.25) is 0 Å². The van der Waals surface area contributed by atoms with E-state index in [0.717, 1.165) is 12.1 Å². The molecule has 1 saturated heterocycles. The number of para-hydroxylation sites is 1.